The number of hydrogen-bond acceptors (Lipinski definition) is 4. The van der Waals surface area contributed by atoms with E-state index in [1.807, 2.05) is 13.8 Å². The Bertz CT molecular complexity index is 325. The van der Waals surface area contributed by atoms with Gasteiger partial charge in [0.1, 0.15) is 6.54 Å². The number of carbonyl (C=O) groups is 2. The lowest BCUT2D eigenvalue weighted by molar-refractivity contribution is -0.149. The summed E-state index contributed by atoms with van der Waals surface area (Å²) in [6.45, 7) is 6.73. The Morgan fingerprint density at radius 2 is 2.00 bits per heavy atom. The highest BCUT2D eigenvalue weighted by Crippen LogP contribution is 2.32. The summed E-state index contributed by atoms with van der Waals surface area (Å²) in [4.78, 5) is 25.4. The van der Waals surface area contributed by atoms with Gasteiger partial charge in [-0.05, 0) is 32.1 Å². The van der Waals surface area contributed by atoms with Crippen LogP contribution in [-0.4, -0.2) is 42.0 Å². The Morgan fingerprint density at radius 3 is 2.42 bits per heavy atom. The van der Waals surface area contributed by atoms with Crippen LogP contribution in [0, 0.1) is 5.92 Å². The number of esters is 1. The predicted octanol–water partition coefficient (Wildman–Crippen LogP) is 1.31. The summed E-state index contributed by atoms with van der Waals surface area (Å²) >= 11 is 0. The maximum absolute atomic E-state index is 12.3. The first-order chi connectivity index (χ1) is 8.86. The van der Waals surface area contributed by atoms with Gasteiger partial charge in [-0.3, -0.25) is 9.59 Å². The van der Waals surface area contributed by atoms with Gasteiger partial charge in [0.05, 0.1) is 6.61 Å². The lowest BCUT2D eigenvalue weighted by atomic mass is 9.75. The number of rotatable bonds is 7. The number of nitrogens with zero attached hydrogens (tertiary/aromatic N) is 1. The van der Waals surface area contributed by atoms with Crippen molar-refractivity contribution in [1.82, 2.24) is 4.90 Å². The largest absolute Gasteiger partial charge is 0.465 e. The first kappa shape index (κ1) is 16.0. The second-order valence-corrected chi connectivity index (χ2v) is 5.87. The summed E-state index contributed by atoms with van der Waals surface area (Å²) in [6, 6.07) is 0. The third kappa shape index (κ3) is 5.19. The van der Waals surface area contributed by atoms with Crippen molar-refractivity contribution in [3.63, 3.8) is 0 Å². The molecule has 1 fully saturated rings. The second kappa shape index (κ2) is 6.89. The zero-order valence-electron chi connectivity index (χ0n) is 12.3. The summed E-state index contributed by atoms with van der Waals surface area (Å²) in [7, 11) is 0. The summed E-state index contributed by atoms with van der Waals surface area (Å²) in [5.41, 5.74) is 5.75. The van der Waals surface area contributed by atoms with Crippen LogP contribution in [0.25, 0.3) is 0 Å². The van der Waals surface area contributed by atoms with Crippen molar-refractivity contribution < 1.29 is 14.3 Å². The molecule has 0 aliphatic heterocycles. The molecule has 0 heterocycles. The number of carbonyl (C=O) groups excluding carboxylic acids is 2. The van der Waals surface area contributed by atoms with Gasteiger partial charge in [-0.1, -0.05) is 13.8 Å². The minimum absolute atomic E-state index is 0.0287. The third-order valence-corrected chi connectivity index (χ3v) is 3.42. The molecule has 0 spiro atoms. The summed E-state index contributed by atoms with van der Waals surface area (Å²) in [5.74, 6) is -0.0753. The highest BCUT2D eigenvalue weighted by Gasteiger charge is 2.36. The SMILES string of the molecule is CCOC(=O)CN(CC(C)C)C(=O)CC1(N)CCC1. The monoisotopic (exact) mass is 270 g/mol. The van der Waals surface area contributed by atoms with Gasteiger partial charge < -0.3 is 15.4 Å². The number of hydrogen-bond donors (Lipinski definition) is 1. The molecule has 0 atom stereocenters. The Morgan fingerprint density at radius 1 is 1.37 bits per heavy atom. The number of nitrogens with two attached hydrogens (primary N) is 1. The van der Waals surface area contributed by atoms with Gasteiger partial charge >= 0.3 is 5.97 Å². The molecule has 2 N–H and O–H groups in total. The molecule has 0 saturated heterocycles. The number of ether oxygens (including phenoxy) is 1. The first-order valence-electron chi connectivity index (χ1n) is 7.08. The van der Waals surface area contributed by atoms with E-state index in [9.17, 15) is 9.59 Å². The molecule has 0 aromatic carbocycles. The van der Waals surface area contributed by atoms with E-state index in [-0.39, 0.29) is 24.0 Å². The molecule has 0 aromatic heterocycles. The van der Waals surface area contributed by atoms with Crippen molar-refractivity contribution in [1.29, 1.82) is 0 Å². The third-order valence-electron chi connectivity index (χ3n) is 3.42. The normalized spacial score (nSPS) is 16.9. The summed E-state index contributed by atoms with van der Waals surface area (Å²) < 4.78 is 4.91. The lowest BCUT2D eigenvalue weighted by Crippen LogP contribution is -2.51. The average molecular weight is 270 g/mol. The zero-order chi connectivity index (χ0) is 14.5. The van der Waals surface area contributed by atoms with Crippen molar-refractivity contribution in [2.75, 3.05) is 19.7 Å². The van der Waals surface area contributed by atoms with E-state index in [0.29, 0.717) is 25.5 Å². The zero-order valence-corrected chi connectivity index (χ0v) is 12.3. The molecule has 19 heavy (non-hydrogen) atoms. The summed E-state index contributed by atoms with van der Waals surface area (Å²) in [5, 5.41) is 0. The fraction of sp³-hybridized carbons (Fsp3) is 0.857. The van der Waals surface area contributed by atoms with Gasteiger partial charge in [-0.15, -0.1) is 0 Å². The van der Waals surface area contributed by atoms with Gasteiger partial charge in [0, 0.05) is 18.5 Å². The van der Waals surface area contributed by atoms with Crippen molar-refractivity contribution in [3.8, 4) is 0 Å². The maximum Gasteiger partial charge on any atom is 0.325 e. The van der Waals surface area contributed by atoms with Crippen LogP contribution in [0.4, 0.5) is 0 Å². The lowest BCUT2D eigenvalue weighted by Gasteiger charge is -2.39. The van der Waals surface area contributed by atoms with Crippen LogP contribution in [0.1, 0.15) is 46.5 Å². The van der Waals surface area contributed by atoms with Crippen molar-refractivity contribution in [3.05, 3.63) is 0 Å². The molecule has 0 bridgehead atoms. The minimum Gasteiger partial charge on any atom is -0.465 e. The quantitative estimate of drug-likeness (QED) is 0.708. The van der Waals surface area contributed by atoms with E-state index >= 15 is 0 Å². The number of amides is 1. The van der Waals surface area contributed by atoms with Crippen molar-refractivity contribution >= 4 is 11.9 Å². The van der Waals surface area contributed by atoms with E-state index in [0.717, 1.165) is 19.3 Å². The van der Waals surface area contributed by atoms with Gasteiger partial charge in [0.2, 0.25) is 5.91 Å². The molecule has 5 nitrogen and oxygen atoms in total. The van der Waals surface area contributed by atoms with Crippen LogP contribution in [0.15, 0.2) is 0 Å². The van der Waals surface area contributed by atoms with Gasteiger partial charge in [0.15, 0.2) is 0 Å². The van der Waals surface area contributed by atoms with E-state index in [4.69, 9.17) is 10.5 Å². The second-order valence-electron chi connectivity index (χ2n) is 5.87. The Balaban J connectivity index is 2.56. The maximum atomic E-state index is 12.3. The molecule has 1 saturated carbocycles. The molecular formula is C14H26N2O3. The average Bonchev–Trinajstić information content (AvgIpc) is 2.25. The molecule has 110 valence electrons. The highest BCUT2D eigenvalue weighted by atomic mass is 16.5. The van der Waals surface area contributed by atoms with E-state index in [1.54, 1.807) is 11.8 Å². The van der Waals surface area contributed by atoms with Crippen LogP contribution in [0.3, 0.4) is 0 Å². The fourth-order valence-electron chi connectivity index (χ4n) is 2.28. The van der Waals surface area contributed by atoms with E-state index in [1.165, 1.54) is 0 Å². The van der Waals surface area contributed by atoms with Crippen LogP contribution in [-0.2, 0) is 14.3 Å². The topological polar surface area (TPSA) is 72.6 Å². The van der Waals surface area contributed by atoms with Crippen LogP contribution in [0.5, 0.6) is 0 Å². The molecule has 1 aliphatic carbocycles. The molecule has 1 aliphatic rings. The van der Waals surface area contributed by atoms with Gasteiger partial charge in [0.25, 0.3) is 0 Å². The molecule has 0 radical (unpaired) electrons. The van der Waals surface area contributed by atoms with Gasteiger partial charge in [-0.25, -0.2) is 0 Å². The van der Waals surface area contributed by atoms with Crippen LogP contribution >= 0.6 is 0 Å². The molecule has 0 aromatic rings. The fourth-order valence-corrected chi connectivity index (χ4v) is 2.28. The van der Waals surface area contributed by atoms with E-state index in [2.05, 4.69) is 0 Å². The van der Waals surface area contributed by atoms with Crippen LogP contribution in [0.2, 0.25) is 0 Å². The van der Waals surface area contributed by atoms with Crippen molar-refractivity contribution in [2.45, 2.75) is 52.0 Å². The minimum atomic E-state index is -0.351. The Hall–Kier alpha value is -1.10. The molecule has 0 unspecified atom stereocenters. The highest BCUT2D eigenvalue weighted by molar-refractivity contribution is 5.83. The van der Waals surface area contributed by atoms with Crippen LogP contribution < -0.4 is 5.73 Å². The molecular weight excluding hydrogens is 244 g/mol. The Kier molecular flexibility index (Phi) is 5.79. The predicted molar refractivity (Wildman–Crippen MR) is 73.4 cm³/mol. The van der Waals surface area contributed by atoms with Crippen molar-refractivity contribution in [2.24, 2.45) is 11.7 Å². The molecule has 1 amide bonds. The summed E-state index contributed by atoms with van der Waals surface area (Å²) in [6.07, 6.45) is 3.21. The molecule has 5 heteroatoms. The van der Waals surface area contributed by atoms with E-state index < -0.39 is 0 Å². The van der Waals surface area contributed by atoms with Gasteiger partial charge in [-0.2, -0.15) is 0 Å². The standard InChI is InChI=1S/C14H26N2O3/c1-4-19-13(18)10-16(9-11(2)3)12(17)8-14(15)6-5-7-14/h11H,4-10,15H2,1-3H3. The first-order valence-corrected chi connectivity index (χ1v) is 7.08. The Labute approximate surface area is 115 Å². The smallest absolute Gasteiger partial charge is 0.325 e. The molecule has 1 rings (SSSR count).